The van der Waals surface area contributed by atoms with Crippen LogP contribution in [0, 0.1) is 0 Å². The summed E-state index contributed by atoms with van der Waals surface area (Å²) in [4.78, 5) is 44.2. The Morgan fingerprint density at radius 3 is 2.48 bits per heavy atom. The summed E-state index contributed by atoms with van der Waals surface area (Å²) in [6.45, 7) is 5.62. The molecular formula is C24H30N4O4S. The Morgan fingerprint density at radius 2 is 1.85 bits per heavy atom. The second-order valence-corrected chi connectivity index (χ2v) is 9.99. The minimum Gasteiger partial charge on any atom is -0.381 e. The lowest BCUT2D eigenvalue weighted by atomic mass is 9.99. The number of aromatic nitrogens is 1. The Bertz CT molecular complexity index is 965. The van der Waals surface area contributed by atoms with Crippen LogP contribution in [0.3, 0.4) is 0 Å². The molecule has 0 saturated carbocycles. The normalized spacial score (nSPS) is 17.8. The number of nitrogens with zero attached hydrogens (tertiary/aromatic N) is 2. The van der Waals surface area contributed by atoms with E-state index in [1.165, 1.54) is 22.9 Å². The summed E-state index contributed by atoms with van der Waals surface area (Å²) in [6.07, 6.45) is 0.218. The molecule has 2 aromatic rings. The molecule has 0 bridgehead atoms. The predicted octanol–water partition coefficient (Wildman–Crippen LogP) is 1.60. The highest BCUT2D eigenvalue weighted by molar-refractivity contribution is 7.99. The zero-order valence-corrected chi connectivity index (χ0v) is 19.8. The van der Waals surface area contributed by atoms with Crippen molar-refractivity contribution in [1.82, 2.24) is 20.5 Å². The summed E-state index contributed by atoms with van der Waals surface area (Å²) in [5, 5.41) is 16.7. The topological polar surface area (TPSA) is 112 Å². The number of nitrogens with one attached hydrogen (secondary N) is 2. The van der Waals surface area contributed by atoms with E-state index in [0.717, 1.165) is 5.56 Å². The number of thioether (sulfide) groups is 1. The quantitative estimate of drug-likeness (QED) is 0.567. The van der Waals surface area contributed by atoms with Gasteiger partial charge in [0.15, 0.2) is 6.10 Å². The standard InChI is InChI=1S/C24H30N4O4S/c1-24(2,3)27-22(31)19-14-33-15-28(19)23(32)20(29)18(13-16-9-5-4-6-10-16)26-21(30)17-11-7-8-12-25-17/h4-12,18-20,29H,13-15H2,1-3H3,(H,26,30)(H,27,31)/t18-,19-,20-/m0/s1. The number of rotatable bonds is 7. The molecule has 1 aliphatic heterocycles. The fourth-order valence-electron chi connectivity index (χ4n) is 3.52. The van der Waals surface area contributed by atoms with Crippen LogP contribution in [0.15, 0.2) is 54.7 Å². The van der Waals surface area contributed by atoms with E-state index in [0.29, 0.717) is 11.6 Å². The summed E-state index contributed by atoms with van der Waals surface area (Å²) in [5.74, 6) is -0.586. The number of hydrogen-bond acceptors (Lipinski definition) is 6. The highest BCUT2D eigenvalue weighted by atomic mass is 32.2. The highest BCUT2D eigenvalue weighted by Gasteiger charge is 2.40. The minimum atomic E-state index is -1.53. The van der Waals surface area contributed by atoms with Crippen LogP contribution in [0.1, 0.15) is 36.8 Å². The fourth-order valence-corrected chi connectivity index (χ4v) is 4.68. The van der Waals surface area contributed by atoms with Gasteiger partial charge in [-0.05, 0) is 44.9 Å². The maximum atomic E-state index is 13.3. The predicted molar refractivity (Wildman–Crippen MR) is 127 cm³/mol. The van der Waals surface area contributed by atoms with Crippen molar-refractivity contribution in [2.24, 2.45) is 0 Å². The van der Waals surface area contributed by atoms with Gasteiger partial charge in [0.05, 0.1) is 11.9 Å². The molecule has 1 fully saturated rings. The van der Waals surface area contributed by atoms with Crippen LogP contribution in [0.2, 0.25) is 0 Å². The third-order valence-electron chi connectivity index (χ3n) is 5.11. The minimum absolute atomic E-state index is 0.189. The molecule has 1 aromatic heterocycles. The summed E-state index contributed by atoms with van der Waals surface area (Å²) >= 11 is 1.45. The van der Waals surface area contributed by atoms with Gasteiger partial charge in [-0.1, -0.05) is 36.4 Å². The molecule has 1 saturated heterocycles. The van der Waals surface area contributed by atoms with Gasteiger partial charge in [-0.2, -0.15) is 0 Å². The van der Waals surface area contributed by atoms with E-state index in [1.54, 1.807) is 18.2 Å². The summed E-state index contributed by atoms with van der Waals surface area (Å²) in [6, 6.07) is 12.7. The lowest BCUT2D eigenvalue weighted by Gasteiger charge is -2.31. The molecular weight excluding hydrogens is 440 g/mol. The first-order valence-electron chi connectivity index (χ1n) is 10.8. The van der Waals surface area contributed by atoms with Crippen LogP contribution in [-0.4, -0.2) is 68.1 Å². The van der Waals surface area contributed by atoms with Gasteiger partial charge in [0.25, 0.3) is 11.8 Å². The van der Waals surface area contributed by atoms with E-state index in [9.17, 15) is 19.5 Å². The number of aliphatic hydroxyl groups excluding tert-OH is 1. The van der Waals surface area contributed by atoms with E-state index in [4.69, 9.17) is 0 Å². The fraction of sp³-hybridized carbons (Fsp3) is 0.417. The molecule has 33 heavy (non-hydrogen) atoms. The smallest absolute Gasteiger partial charge is 0.270 e. The van der Waals surface area contributed by atoms with Crippen molar-refractivity contribution in [2.45, 2.75) is 50.9 Å². The second kappa shape index (κ2) is 10.8. The average molecular weight is 471 g/mol. The van der Waals surface area contributed by atoms with Crippen molar-refractivity contribution in [3.63, 3.8) is 0 Å². The Hall–Kier alpha value is -2.91. The van der Waals surface area contributed by atoms with Gasteiger partial charge in [0.2, 0.25) is 5.91 Å². The molecule has 1 aromatic carbocycles. The van der Waals surface area contributed by atoms with Crippen molar-refractivity contribution in [3.05, 3.63) is 66.0 Å². The van der Waals surface area contributed by atoms with E-state index in [2.05, 4.69) is 15.6 Å². The Labute approximate surface area is 198 Å². The van der Waals surface area contributed by atoms with Gasteiger partial charge >= 0.3 is 0 Å². The van der Waals surface area contributed by atoms with Crippen LogP contribution in [-0.2, 0) is 16.0 Å². The van der Waals surface area contributed by atoms with Crippen LogP contribution in [0.5, 0.6) is 0 Å². The summed E-state index contributed by atoms with van der Waals surface area (Å²) in [7, 11) is 0. The van der Waals surface area contributed by atoms with Crippen molar-refractivity contribution in [1.29, 1.82) is 0 Å². The number of carbonyl (C=O) groups excluding carboxylic acids is 3. The maximum Gasteiger partial charge on any atom is 0.270 e. The molecule has 0 spiro atoms. The SMILES string of the molecule is CC(C)(C)NC(=O)[C@@H]1CSCN1C(=O)[C@@H](O)[C@H](Cc1ccccc1)NC(=O)c1ccccn1. The summed E-state index contributed by atoms with van der Waals surface area (Å²) in [5.41, 5.74) is 0.604. The van der Waals surface area contributed by atoms with E-state index in [-0.39, 0.29) is 18.0 Å². The van der Waals surface area contributed by atoms with Crippen LogP contribution >= 0.6 is 11.8 Å². The van der Waals surface area contributed by atoms with Crippen molar-refractivity contribution < 1.29 is 19.5 Å². The third kappa shape index (κ3) is 6.79. The maximum absolute atomic E-state index is 13.3. The lowest BCUT2D eigenvalue weighted by molar-refractivity contribution is -0.146. The van der Waals surface area contributed by atoms with Gasteiger partial charge in [0.1, 0.15) is 11.7 Å². The van der Waals surface area contributed by atoms with Gasteiger partial charge in [-0.15, -0.1) is 11.8 Å². The molecule has 0 unspecified atom stereocenters. The molecule has 176 valence electrons. The van der Waals surface area contributed by atoms with E-state index >= 15 is 0 Å². The monoisotopic (exact) mass is 470 g/mol. The van der Waals surface area contributed by atoms with Crippen LogP contribution in [0.4, 0.5) is 0 Å². The molecule has 3 N–H and O–H groups in total. The Morgan fingerprint density at radius 1 is 1.15 bits per heavy atom. The largest absolute Gasteiger partial charge is 0.381 e. The first-order valence-corrected chi connectivity index (χ1v) is 12.0. The molecule has 1 aliphatic rings. The van der Waals surface area contributed by atoms with Gasteiger partial charge in [-0.3, -0.25) is 19.4 Å². The molecule has 9 heteroatoms. The molecule has 3 rings (SSSR count). The van der Waals surface area contributed by atoms with Crippen molar-refractivity contribution in [2.75, 3.05) is 11.6 Å². The number of carbonyl (C=O) groups is 3. The number of aliphatic hydroxyl groups is 1. The zero-order valence-electron chi connectivity index (χ0n) is 19.0. The molecule has 0 radical (unpaired) electrons. The van der Waals surface area contributed by atoms with Crippen molar-refractivity contribution in [3.8, 4) is 0 Å². The molecule has 8 nitrogen and oxygen atoms in total. The Balaban J connectivity index is 1.79. The molecule has 3 atom stereocenters. The highest BCUT2D eigenvalue weighted by Crippen LogP contribution is 2.23. The zero-order chi connectivity index (χ0) is 24.0. The third-order valence-corrected chi connectivity index (χ3v) is 6.13. The number of hydrogen-bond donors (Lipinski definition) is 3. The number of pyridine rings is 1. The second-order valence-electron chi connectivity index (χ2n) is 8.99. The molecule has 3 amide bonds. The number of amides is 3. The van der Waals surface area contributed by atoms with E-state index in [1.807, 2.05) is 51.1 Å². The van der Waals surface area contributed by atoms with E-state index < -0.39 is 35.5 Å². The van der Waals surface area contributed by atoms with Crippen LogP contribution < -0.4 is 10.6 Å². The lowest BCUT2D eigenvalue weighted by Crippen LogP contribution is -2.57. The average Bonchev–Trinajstić information content (AvgIpc) is 3.28. The Kier molecular flexibility index (Phi) is 8.10. The summed E-state index contributed by atoms with van der Waals surface area (Å²) < 4.78 is 0. The molecule has 0 aliphatic carbocycles. The van der Waals surface area contributed by atoms with Crippen LogP contribution in [0.25, 0.3) is 0 Å². The first-order chi connectivity index (χ1) is 15.7. The first kappa shape index (κ1) is 24.7. The van der Waals surface area contributed by atoms with Crippen molar-refractivity contribution >= 4 is 29.5 Å². The van der Waals surface area contributed by atoms with Gasteiger partial charge < -0.3 is 20.6 Å². The number of benzene rings is 1. The molecule has 2 heterocycles. The van der Waals surface area contributed by atoms with Gasteiger partial charge in [-0.25, -0.2) is 0 Å². The van der Waals surface area contributed by atoms with Gasteiger partial charge in [0, 0.05) is 17.5 Å².